The number of halogens is 1. The highest BCUT2D eigenvalue weighted by Crippen LogP contribution is 2.22. The summed E-state index contributed by atoms with van der Waals surface area (Å²) >= 11 is 1.79. The molecule has 4 heteroatoms. The highest BCUT2D eigenvalue weighted by Gasteiger charge is 2.11. The van der Waals surface area contributed by atoms with Crippen LogP contribution in [0.25, 0.3) is 0 Å². The summed E-state index contributed by atoms with van der Waals surface area (Å²) in [6.45, 7) is 2.80. The maximum absolute atomic E-state index is 13.9. The lowest BCUT2D eigenvalue weighted by Gasteiger charge is -2.15. The molecule has 2 rings (SSSR count). The normalized spacial score (nSPS) is 12.1. The van der Waals surface area contributed by atoms with Gasteiger partial charge in [0.1, 0.15) is 11.6 Å². The summed E-state index contributed by atoms with van der Waals surface area (Å²) in [6, 6.07) is 15.2. The van der Waals surface area contributed by atoms with Crippen molar-refractivity contribution in [2.24, 2.45) is 0 Å². The summed E-state index contributed by atoms with van der Waals surface area (Å²) in [5, 5.41) is 3.35. The SMILES string of the molecule is COc1ccc(C(C)NCCSc2ccccc2)c(F)c1. The number of hydrogen-bond acceptors (Lipinski definition) is 3. The van der Waals surface area contributed by atoms with Crippen molar-refractivity contribution in [3.8, 4) is 5.75 Å². The Balaban J connectivity index is 1.80. The number of hydrogen-bond donors (Lipinski definition) is 1. The first-order chi connectivity index (χ1) is 10.2. The maximum Gasteiger partial charge on any atom is 0.131 e. The van der Waals surface area contributed by atoms with Crippen LogP contribution < -0.4 is 10.1 Å². The van der Waals surface area contributed by atoms with Gasteiger partial charge in [-0.05, 0) is 25.1 Å². The second kappa shape index (κ2) is 8.05. The Kier molecular flexibility index (Phi) is 6.08. The summed E-state index contributed by atoms with van der Waals surface area (Å²) in [7, 11) is 1.54. The number of benzene rings is 2. The Morgan fingerprint density at radius 3 is 2.62 bits per heavy atom. The van der Waals surface area contributed by atoms with Crippen molar-refractivity contribution >= 4 is 11.8 Å². The van der Waals surface area contributed by atoms with Crippen LogP contribution in [0.3, 0.4) is 0 Å². The molecule has 0 aliphatic heterocycles. The topological polar surface area (TPSA) is 21.3 Å². The molecule has 0 spiro atoms. The van der Waals surface area contributed by atoms with Crippen molar-refractivity contribution in [3.63, 3.8) is 0 Å². The summed E-state index contributed by atoms with van der Waals surface area (Å²) in [5.74, 6) is 1.26. The summed E-state index contributed by atoms with van der Waals surface area (Å²) in [4.78, 5) is 1.25. The molecule has 0 aromatic heterocycles. The molecule has 0 fully saturated rings. The van der Waals surface area contributed by atoms with E-state index in [-0.39, 0.29) is 11.9 Å². The van der Waals surface area contributed by atoms with Gasteiger partial charge in [-0.25, -0.2) is 4.39 Å². The highest BCUT2D eigenvalue weighted by atomic mass is 32.2. The van der Waals surface area contributed by atoms with E-state index in [2.05, 4.69) is 17.4 Å². The molecule has 1 atom stereocenters. The predicted molar refractivity (Wildman–Crippen MR) is 86.5 cm³/mol. The Morgan fingerprint density at radius 2 is 1.95 bits per heavy atom. The maximum atomic E-state index is 13.9. The molecule has 2 nitrogen and oxygen atoms in total. The standard InChI is InChI=1S/C17H20FNOS/c1-13(16-9-8-14(20-2)12-17(16)18)19-10-11-21-15-6-4-3-5-7-15/h3-9,12-13,19H,10-11H2,1-2H3. The molecule has 0 radical (unpaired) electrons. The molecule has 1 N–H and O–H groups in total. The van der Waals surface area contributed by atoms with Crippen molar-refractivity contribution in [2.75, 3.05) is 19.4 Å². The molecule has 21 heavy (non-hydrogen) atoms. The zero-order valence-corrected chi connectivity index (χ0v) is 13.1. The van der Waals surface area contributed by atoms with Crippen LogP contribution in [-0.4, -0.2) is 19.4 Å². The molecular weight excluding hydrogens is 285 g/mol. The van der Waals surface area contributed by atoms with Gasteiger partial charge in [0.05, 0.1) is 7.11 Å². The summed E-state index contributed by atoms with van der Waals surface area (Å²) < 4.78 is 18.9. The second-order valence-electron chi connectivity index (χ2n) is 4.72. The molecule has 2 aromatic rings. The minimum absolute atomic E-state index is 0.0210. The van der Waals surface area contributed by atoms with E-state index in [1.165, 1.54) is 18.1 Å². The van der Waals surface area contributed by atoms with E-state index in [9.17, 15) is 4.39 Å². The van der Waals surface area contributed by atoms with Gasteiger partial charge in [0.15, 0.2) is 0 Å². The van der Waals surface area contributed by atoms with Crippen LogP contribution in [0, 0.1) is 5.82 Å². The average Bonchev–Trinajstić information content (AvgIpc) is 2.52. The van der Waals surface area contributed by atoms with E-state index in [1.54, 1.807) is 23.9 Å². The minimum Gasteiger partial charge on any atom is -0.497 e. The third-order valence-electron chi connectivity index (χ3n) is 3.24. The van der Waals surface area contributed by atoms with Crippen LogP contribution in [0.4, 0.5) is 4.39 Å². The van der Waals surface area contributed by atoms with Gasteiger partial charge in [0, 0.05) is 34.9 Å². The molecule has 0 saturated carbocycles. The van der Waals surface area contributed by atoms with Crippen LogP contribution >= 0.6 is 11.8 Å². The third-order valence-corrected chi connectivity index (χ3v) is 4.25. The molecule has 112 valence electrons. The zero-order chi connectivity index (χ0) is 15.1. The fourth-order valence-corrected chi connectivity index (χ4v) is 2.86. The van der Waals surface area contributed by atoms with Gasteiger partial charge in [0.25, 0.3) is 0 Å². The van der Waals surface area contributed by atoms with E-state index in [1.807, 2.05) is 25.1 Å². The Bertz CT molecular complexity index is 562. The number of rotatable bonds is 7. The van der Waals surface area contributed by atoms with E-state index in [0.29, 0.717) is 11.3 Å². The molecular formula is C17H20FNOS. The number of nitrogens with one attached hydrogen (secondary N) is 1. The highest BCUT2D eigenvalue weighted by molar-refractivity contribution is 7.99. The van der Waals surface area contributed by atoms with Gasteiger partial charge < -0.3 is 10.1 Å². The molecule has 0 bridgehead atoms. The molecule has 0 aliphatic carbocycles. The van der Waals surface area contributed by atoms with Gasteiger partial charge in [-0.3, -0.25) is 0 Å². The van der Waals surface area contributed by atoms with Gasteiger partial charge in [-0.15, -0.1) is 11.8 Å². The van der Waals surface area contributed by atoms with Gasteiger partial charge >= 0.3 is 0 Å². The second-order valence-corrected chi connectivity index (χ2v) is 5.89. The predicted octanol–water partition coefficient (Wildman–Crippen LogP) is 4.28. The summed E-state index contributed by atoms with van der Waals surface area (Å²) in [6.07, 6.45) is 0. The van der Waals surface area contributed by atoms with E-state index >= 15 is 0 Å². The summed E-state index contributed by atoms with van der Waals surface area (Å²) in [5.41, 5.74) is 0.667. The van der Waals surface area contributed by atoms with Crippen LogP contribution in [-0.2, 0) is 0 Å². The first kappa shape index (κ1) is 15.9. The number of methoxy groups -OCH3 is 1. The van der Waals surface area contributed by atoms with Crippen LogP contribution in [0.5, 0.6) is 5.75 Å². The van der Waals surface area contributed by atoms with Crippen molar-refractivity contribution in [2.45, 2.75) is 17.9 Å². The Labute approximate surface area is 129 Å². The first-order valence-corrected chi connectivity index (χ1v) is 7.94. The monoisotopic (exact) mass is 305 g/mol. The van der Waals surface area contributed by atoms with Crippen LogP contribution in [0.15, 0.2) is 53.4 Å². The first-order valence-electron chi connectivity index (χ1n) is 6.95. The van der Waals surface area contributed by atoms with Gasteiger partial charge in [0.2, 0.25) is 0 Å². The largest absolute Gasteiger partial charge is 0.497 e. The lowest BCUT2D eigenvalue weighted by atomic mass is 10.1. The fourth-order valence-electron chi connectivity index (χ4n) is 2.06. The van der Waals surface area contributed by atoms with Crippen molar-refractivity contribution in [1.29, 1.82) is 0 Å². The van der Waals surface area contributed by atoms with Crippen molar-refractivity contribution in [3.05, 3.63) is 59.9 Å². The molecule has 0 aliphatic rings. The zero-order valence-electron chi connectivity index (χ0n) is 12.3. The molecule has 0 saturated heterocycles. The van der Waals surface area contributed by atoms with E-state index < -0.39 is 0 Å². The number of thioether (sulfide) groups is 1. The minimum atomic E-state index is -0.231. The molecule has 0 amide bonds. The Hall–Kier alpha value is -1.52. The fraction of sp³-hybridized carbons (Fsp3) is 0.294. The molecule has 0 heterocycles. The molecule has 2 aromatic carbocycles. The average molecular weight is 305 g/mol. The van der Waals surface area contributed by atoms with Crippen molar-refractivity contribution in [1.82, 2.24) is 5.32 Å². The van der Waals surface area contributed by atoms with Crippen LogP contribution in [0.1, 0.15) is 18.5 Å². The van der Waals surface area contributed by atoms with Gasteiger partial charge in [-0.2, -0.15) is 0 Å². The van der Waals surface area contributed by atoms with Crippen molar-refractivity contribution < 1.29 is 9.13 Å². The van der Waals surface area contributed by atoms with Crippen LogP contribution in [0.2, 0.25) is 0 Å². The molecule has 1 unspecified atom stereocenters. The quantitative estimate of drug-likeness (QED) is 0.609. The lowest BCUT2D eigenvalue weighted by Crippen LogP contribution is -2.22. The Morgan fingerprint density at radius 1 is 1.19 bits per heavy atom. The lowest BCUT2D eigenvalue weighted by molar-refractivity contribution is 0.409. The number of ether oxygens (including phenoxy) is 1. The smallest absolute Gasteiger partial charge is 0.131 e. The van der Waals surface area contributed by atoms with E-state index in [0.717, 1.165) is 12.3 Å². The van der Waals surface area contributed by atoms with Gasteiger partial charge in [-0.1, -0.05) is 24.3 Å². The van der Waals surface area contributed by atoms with E-state index in [4.69, 9.17) is 4.74 Å². The third kappa shape index (κ3) is 4.76.